The van der Waals surface area contributed by atoms with Gasteiger partial charge in [-0.15, -0.1) is 0 Å². The fourth-order valence-corrected chi connectivity index (χ4v) is 15.4. The van der Waals surface area contributed by atoms with Gasteiger partial charge in [0.1, 0.15) is 0 Å². The van der Waals surface area contributed by atoms with Crippen molar-refractivity contribution in [3.8, 4) is 0 Å². The molecule has 0 aliphatic carbocycles. The minimum absolute atomic E-state index is 0. The van der Waals surface area contributed by atoms with Crippen molar-refractivity contribution in [2.24, 2.45) is 0 Å². The molecule has 0 amide bonds. The first-order valence-electron chi connectivity index (χ1n) is 23.6. The third-order valence-electron chi connectivity index (χ3n) is 11.2. The summed E-state index contributed by atoms with van der Waals surface area (Å²) in [6.45, 7) is 8.17. The van der Waals surface area contributed by atoms with Crippen molar-refractivity contribution in [1.29, 1.82) is 0 Å². The van der Waals surface area contributed by atoms with Crippen molar-refractivity contribution in [3.05, 3.63) is 0 Å². The summed E-state index contributed by atoms with van der Waals surface area (Å²) in [6.07, 6.45) is 16.0. The second kappa shape index (κ2) is 45.3. The van der Waals surface area contributed by atoms with E-state index in [1.54, 1.807) is 0 Å². The van der Waals surface area contributed by atoms with Gasteiger partial charge in [-0.25, -0.2) is 0 Å². The molecule has 0 heterocycles. The van der Waals surface area contributed by atoms with E-state index in [1.165, 1.54) is 0 Å². The average molecular weight is 1310 g/mol. The molecular formula is C36H92Na4O28P8. The fourth-order valence-electron chi connectivity index (χ4n) is 6.41. The van der Waals surface area contributed by atoms with Gasteiger partial charge >= 0.3 is 179 Å². The first-order valence-corrected chi connectivity index (χ1v) is 36.5. The smallest absolute Gasteiger partial charge is 1.00 e. The summed E-state index contributed by atoms with van der Waals surface area (Å²) in [7, 11) is -42.2. The summed E-state index contributed by atoms with van der Waals surface area (Å²) >= 11 is 0. The topological polar surface area (TPSA) is 541 Å². The molecule has 20 N–H and O–H groups in total. The zero-order chi connectivity index (χ0) is 57.8. The van der Waals surface area contributed by atoms with Crippen LogP contribution in [0, 0.1) is 0 Å². The van der Waals surface area contributed by atoms with E-state index in [1.807, 2.05) is 27.7 Å². The van der Waals surface area contributed by atoms with Gasteiger partial charge in [-0.3, -0.25) is 36.5 Å². The number of aliphatic hydroxyl groups is 4. The van der Waals surface area contributed by atoms with Crippen LogP contribution in [-0.2, 0) is 36.5 Å². The Morgan fingerprint density at radius 1 is 0.224 bits per heavy atom. The Morgan fingerprint density at radius 3 is 0.408 bits per heavy atom. The van der Waals surface area contributed by atoms with Gasteiger partial charge in [-0.05, 0) is 51.4 Å². The van der Waals surface area contributed by atoms with E-state index in [2.05, 4.69) is 0 Å². The van der Waals surface area contributed by atoms with E-state index >= 15 is 0 Å². The van der Waals surface area contributed by atoms with E-state index in [-0.39, 0.29) is 150 Å². The molecule has 0 unspecified atom stereocenters. The van der Waals surface area contributed by atoms with Crippen molar-refractivity contribution in [1.82, 2.24) is 0 Å². The summed E-state index contributed by atoms with van der Waals surface area (Å²) in [4.78, 5) is 142. The Kier molecular flexibility index (Phi) is 58.0. The molecule has 448 valence electrons. The maximum Gasteiger partial charge on any atom is 1.00 e. The molecule has 0 radical (unpaired) electrons. The molecule has 0 aromatic heterocycles. The Morgan fingerprint density at radius 2 is 0.316 bits per heavy atom. The maximum absolute atomic E-state index is 11.0. The van der Waals surface area contributed by atoms with Gasteiger partial charge in [0.05, 0.1) is 0 Å². The van der Waals surface area contributed by atoms with Crippen LogP contribution in [0.2, 0.25) is 0 Å². The second-order valence-corrected chi connectivity index (χ2v) is 33.6. The van der Waals surface area contributed by atoms with Crippen LogP contribution in [0.15, 0.2) is 0 Å². The molecule has 0 bridgehead atoms. The van der Waals surface area contributed by atoms with Crippen LogP contribution in [0.3, 0.4) is 0 Å². The van der Waals surface area contributed by atoms with E-state index in [4.69, 9.17) is 78.3 Å². The summed E-state index contributed by atoms with van der Waals surface area (Å²) < 4.78 is 88.1. The zero-order valence-electron chi connectivity index (χ0n) is 49.6. The fraction of sp³-hybridized carbons (Fsp3) is 1.00. The van der Waals surface area contributed by atoms with Gasteiger partial charge in [0, 0.05) is 0 Å². The van der Waals surface area contributed by atoms with Gasteiger partial charge in [-0.1, -0.05) is 156 Å². The van der Waals surface area contributed by atoms with Crippen molar-refractivity contribution < 1.29 is 259 Å². The first-order chi connectivity index (χ1) is 32.2. The van der Waals surface area contributed by atoms with E-state index in [9.17, 15) is 56.9 Å². The second-order valence-electron chi connectivity index (χ2n) is 17.5. The molecule has 0 rings (SSSR count). The summed E-state index contributed by atoms with van der Waals surface area (Å²) in [6, 6.07) is 0. The normalized spacial score (nSPS) is 13.2. The minimum atomic E-state index is -5.28. The van der Waals surface area contributed by atoms with Gasteiger partial charge in [-0.2, -0.15) is 0 Å². The number of hydrogen-bond acceptors (Lipinski definition) is 12. The molecule has 0 saturated carbocycles. The monoisotopic (exact) mass is 1310 g/mol. The van der Waals surface area contributed by atoms with Crippen LogP contribution in [0.1, 0.15) is 213 Å². The summed E-state index contributed by atoms with van der Waals surface area (Å²) in [5, 5.41) is 25.3. The van der Waals surface area contributed by atoms with Gasteiger partial charge in [0.2, 0.25) is 0 Å². The van der Waals surface area contributed by atoms with Crippen LogP contribution in [0.4, 0.5) is 0 Å². The van der Waals surface area contributed by atoms with Gasteiger partial charge in [0.15, 0.2) is 0 Å². The maximum atomic E-state index is 11.0. The standard InChI is InChI=1S/4C9H22O7P2.4Na.4H/c4*1-2-3-4-5-6-7-8-9(10,17(11,12)13)18(14,15)16;;;;;;;;/h4*10H,2-8H2,1H3,(H2,11,12,13)(H2,14,15,16);;;;;;;;/q;;;;4*+1;4*-1. The molecule has 0 atom stereocenters. The van der Waals surface area contributed by atoms with Crippen LogP contribution in [0.25, 0.3) is 0 Å². The predicted molar refractivity (Wildman–Crippen MR) is 273 cm³/mol. The van der Waals surface area contributed by atoms with Crippen LogP contribution < -0.4 is 118 Å². The molecule has 0 saturated heterocycles. The molecule has 0 aliphatic rings. The van der Waals surface area contributed by atoms with Crippen molar-refractivity contribution in [2.45, 2.75) is 228 Å². The molecule has 0 aliphatic heterocycles. The molecule has 76 heavy (non-hydrogen) atoms. The minimum Gasteiger partial charge on any atom is -1.00 e. The number of rotatable bonds is 36. The SMILES string of the molecule is CCCCCCCCC(O)(P(=O)(O)O)P(=O)(O)O.CCCCCCCCC(O)(P(=O)(O)O)P(=O)(O)O.CCCCCCCCC(O)(P(=O)(O)O)P(=O)(O)O.CCCCCCCCC(O)(P(=O)(O)O)P(=O)(O)O.[H-].[H-].[H-].[H-].[Na+].[Na+].[Na+].[Na+]. The molecular weight excluding hydrogens is 1220 g/mol. The molecule has 40 heteroatoms. The third-order valence-corrected chi connectivity index (χ3v) is 26.7. The van der Waals surface area contributed by atoms with Gasteiger partial charge in [0.25, 0.3) is 20.3 Å². The Balaban J connectivity index is -0.0000000746. The van der Waals surface area contributed by atoms with Gasteiger partial charge < -0.3 is 104 Å². The average Bonchev–Trinajstić information content (AvgIpc) is 3.20. The van der Waals surface area contributed by atoms with E-state index < -0.39 is 107 Å². The Hall–Kier alpha value is 5.04. The quantitative estimate of drug-likeness (QED) is 0.0159. The van der Waals surface area contributed by atoms with E-state index in [0.29, 0.717) is 25.7 Å². The van der Waals surface area contributed by atoms with Crippen molar-refractivity contribution in [3.63, 3.8) is 0 Å². The molecule has 0 aromatic carbocycles. The summed E-state index contributed by atoms with van der Waals surface area (Å²) in [5.74, 6) is 0. The van der Waals surface area contributed by atoms with E-state index in [0.717, 1.165) is 103 Å². The molecule has 28 nitrogen and oxygen atoms in total. The summed E-state index contributed by atoms with van der Waals surface area (Å²) in [5.41, 5.74) is 0. The zero-order valence-corrected chi connectivity index (χ0v) is 60.7. The predicted octanol–water partition coefficient (Wildman–Crippen LogP) is -4.58. The largest absolute Gasteiger partial charge is 1.00 e. The first kappa shape index (κ1) is 97.3. The van der Waals surface area contributed by atoms with Crippen LogP contribution in [-0.4, -0.2) is 119 Å². The number of hydrogen-bond donors (Lipinski definition) is 20. The van der Waals surface area contributed by atoms with Crippen LogP contribution >= 0.6 is 60.8 Å². The molecule has 0 fully saturated rings. The third kappa shape index (κ3) is 37.7. The number of unbranched alkanes of at least 4 members (excludes halogenated alkanes) is 20. The van der Waals surface area contributed by atoms with Crippen LogP contribution in [0.5, 0.6) is 0 Å². The Bertz CT molecular complexity index is 1550. The molecule has 0 spiro atoms. The van der Waals surface area contributed by atoms with Crippen molar-refractivity contribution in [2.75, 3.05) is 0 Å². The van der Waals surface area contributed by atoms with Crippen molar-refractivity contribution >= 4 is 60.8 Å². The molecule has 0 aromatic rings. The Labute approximate surface area is 542 Å².